The van der Waals surface area contributed by atoms with Gasteiger partial charge in [0, 0.05) is 40.3 Å². The molecular formula is C39H70LiN3O11. The van der Waals surface area contributed by atoms with Crippen molar-refractivity contribution in [3.8, 4) is 0 Å². The Hall–Kier alpha value is -3.02. The summed E-state index contributed by atoms with van der Waals surface area (Å²) in [7, 11) is 2.91. The SMILES string of the molecule is CCOC(=O)COCCCCCCC/C=C\CCCCCC(=O)C(=O)NC.CNC(=O)C(=O)NCCCC/C=C\CCCCCCCOCC(=O)O.[Li+].[OH-]. The molecule has 0 saturated carbocycles. The fourth-order valence-corrected chi connectivity index (χ4v) is 4.74. The number of carbonyl (C=O) groups is 6. The number of likely N-dealkylation sites (N-methyl/N-ethyl adjacent to an activating group) is 2. The van der Waals surface area contributed by atoms with E-state index in [1.54, 1.807) is 6.92 Å². The smallest absolute Gasteiger partial charge is 0.870 e. The van der Waals surface area contributed by atoms with Gasteiger partial charge >= 0.3 is 42.6 Å². The first-order chi connectivity index (χ1) is 25.2. The average molecular weight is 764 g/mol. The van der Waals surface area contributed by atoms with E-state index in [0.29, 0.717) is 32.8 Å². The summed E-state index contributed by atoms with van der Waals surface area (Å²) >= 11 is 0. The second kappa shape index (κ2) is 46.1. The van der Waals surface area contributed by atoms with Crippen molar-refractivity contribution in [2.24, 2.45) is 0 Å². The molecule has 0 aromatic carbocycles. The number of carboxylic acids is 1. The number of aliphatic carboxylic acids is 1. The maximum Gasteiger partial charge on any atom is 1.00 e. The van der Waals surface area contributed by atoms with Crippen LogP contribution in [0, 0.1) is 0 Å². The second-order valence-electron chi connectivity index (χ2n) is 12.3. The largest absolute Gasteiger partial charge is 1.00 e. The van der Waals surface area contributed by atoms with Gasteiger partial charge < -0.3 is 40.7 Å². The van der Waals surface area contributed by atoms with E-state index in [9.17, 15) is 28.8 Å². The molecule has 0 spiro atoms. The summed E-state index contributed by atoms with van der Waals surface area (Å²) in [6.45, 7) is 3.71. The maximum absolute atomic E-state index is 11.3. The molecule has 15 heteroatoms. The molecule has 0 bridgehead atoms. The van der Waals surface area contributed by atoms with Crippen molar-refractivity contribution >= 4 is 35.4 Å². The van der Waals surface area contributed by atoms with Crippen LogP contribution in [0.2, 0.25) is 0 Å². The Morgan fingerprint density at radius 2 is 0.981 bits per heavy atom. The summed E-state index contributed by atoms with van der Waals surface area (Å²) in [5, 5.41) is 15.6. The van der Waals surface area contributed by atoms with E-state index < -0.39 is 23.7 Å². The number of carboxylic acid groups (broad SMARTS) is 1. The Balaban J connectivity index is -0.000000448. The number of ketones is 1. The third kappa shape index (κ3) is 45.1. The van der Waals surface area contributed by atoms with Crippen molar-refractivity contribution in [1.82, 2.24) is 16.0 Å². The van der Waals surface area contributed by atoms with E-state index in [4.69, 9.17) is 19.3 Å². The summed E-state index contributed by atoms with van der Waals surface area (Å²) in [6, 6.07) is 0. The molecule has 0 aliphatic carbocycles. The number of esters is 1. The zero-order chi connectivity index (χ0) is 38.9. The molecule has 0 aromatic heterocycles. The van der Waals surface area contributed by atoms with Gasteiger partial charge in [-0.2, -0.15) is 0 Å². The number of allylic oxidation sites excluding steroid dienone is 4. The van der Waals surface area contributed by atoms with E-state index in [0.717, 1.165) is 96.3 Å². The molecule has 0 atom stereocenters. The summed E-state index contributed by atoms with van der Waals surface area (Å²) < 4.78 is 15.0. The summed E-state index contributed by atoms with van der Waals surface area (Å²) in [5.41, 5.74) is 0. The molecule has 0 fully saturated rings. The number of unbranched alkanes of at least 4 members (excludes halogenated alkanes) is 15. The first-order valence-corrected chi connectivity index (χ1v) is 19.3. The predicted octanol–water partition coefficient (Wildman–Crippen LogP) is 2.57. The van der Waals surface area contributed by atoms with Gasteiger partial charge in [-0.15, -0.1) is 0 Å². The van der Waals surface area contributed by atoms with E-state index in [1.807, 2.05) is 0 Å². The average Bonchev–Trinajstić information content (AvgIpc) is 3.13. The summed E-state index contributed by atoms with van der Waals surface area (Å²) in [6.07, 6.45) is 29.2. The van der Waals surface area contributed by atoms with Gasteiger partial charge in [0.05, 0.1) is 6.61 Å². The van der Waals surface area contributed by atoms with Gasteiger partial charge in [-0.25, -0.2) is 9.59 Å². The molecule has 0 radical (unpaired) electrons. The van der Waals surface area contributed by atoms with Crippen molar-refractivity contribution in [1.29, 1.82) is 0 Å². The number of Topliss-reactive ketones (excluding diaryl/α,β-unsaturated/α-hetero) is 1. The minimum absolute atomic E-state index is 0. The van der Waals surface area contributed by atoms with E-state index in [2.05, 4.69) is 40.3 Å². The maximum atomic E-state index is 11.3. The fraction of sp³-hybridized carbons (Fsp3) is 0.744. The molecule has 54 heavy (non-hydrogen) atoms. The summed E-state index contributed by atoms with van der Waals surface area (Å²) in [4.78, 5) is 65.8. The number of carbonyl (C=O) groups excluding carboxylic acids is 5. The van der Waals surface area contributed by atoms with Gasteiger partial charge in [0.1, 0.15) is 13.2 Å². The van der Waals surface area contributed by atoms with Crippen LogP contribution in [0.15, 0.2) is 24.3 Å². The van der Waals surface area contributed by atoms with Gasteiger partial charge in [-0.05, 0) is 84.0 Å². The quantitative estimate of drug-likeness (QED) is 0.0251. The minimum atomic E-state index is -0.916. The molecule has 0 unspecified atom stereocenters. The molecule has 0 saturated heterocycles. The Bertz CT molecular complexity index is 1010. The van der Waals surface area contributed by atoms with Gasteiger partial charge in [-0.3, -0.25) is 19.2 Å². The van der Waals surface area contributed by atoms with Crippen LogP contribution in [0.5, 0.6) is 0 Å². The van der Waals surface area contributed by atoms with Gasteiger partial charge in [0.2, 0.25) is 5.78 Å². The van der Waals surface area contributed by atoms with Crippen molar-refractivity contribution in [3.05, 3.63) is 24.3 Å². The van der Waals surface area contributed by atoms with Crippen LogP contribution >= 0.6 is 0 Å². The molecular weight excluding hydrogens is 693 g/mol. The third-order valence-electron chi connectivity index (χ3n) is 7.67. The van der Waals surface area contributed by atoms with Crippen LogP contribution in [0.1, 0.15) is 135 Å². The topological polar surface area (TPSA) is 216 Å². The number of amides is 3. The van der Waals surface area contributed by atoms with Gasteiger partial charge in [0.25, 0.3) is 5.91 Å². The first-order valence-electron chi connectivity index (χ1n) is 19.3. The minimum Gasteiger partial charge on any atom is -0.870 e. The van der Waals surface area contributed by atoms with Crippen LogP contribution < -0.4 is 34.8 Å². The van der Waals surface area contributed by atoms with Crippen molar-refractivity contribution in [2.45, 2.75) is 135 Å². The molecule has 0 aromatic rings. The Kier molecular flexibility index (Phi) is 49.3. The molecule has 0 heterocycles. The predicted molar refractivity (Wildman–Crippen MR) is 205 cm³/mol. The van der Waals surface area contributed by atoms with Crippen LogP contribution in [0.25, 0.3) is 0 Å². The Morgan fingerprint density at radius 1 is 0.556 bits per heavy atom. The molecule has 3 amide bonds. The van der Waals surface area contributed by atoms with Crippen LogP contribution in [0.3, 0.4) is 0 Å². The summed E-state index contributed by atoms with van der Waals surface area (Å²) in [5.74, 6) is -3.20. The van der Waals surface area contributed by atoms with E-state index in [1.165, 1.54) is 39.8 Å². The van der Waals surface area contributed by atoms with Crippen LogP contribution in [-0.2, 0) is 43.0 Å². The fourth-order valence-electron chi connectivity index (χ4n) is 4.74. The monoisotopic (exact) mass is 764 g/mol. The normalized spacial score (nSPS) is 10.4. The van der Waals surface area contributed by atoms with E-state index >= 15 is 0 Å². The molecule has 0 rings (SSSR count). The first kappa shape index (κ1) is 57.7. The van der Waals surface area contributed by atoms with Gasteiger partial charge in [0.15, 0.2) is 0 Å². The zero-order valence-electron chi connectivity index (χ0n) is 33.8. The number of rotatable bonds is 33. The Labute approximate surface area is 336 Å². The molecule has 0 aliphatic rings. The number of ether oxygens (including phenoxy) is 3. The van der Waals surface area contributed by atoms with Crippen molar-refractivity contribution in [3.63, 3.8) is 0 Å². The third-order valence-corrected chi connectivity index (χ3v) is 7.67. The van der Waals surface area contributed by atoms with Crippen molar-refractivity contribution < 1.29 is 72.4 Å². The number of hydrogen-bond acceptors (Lipinski definition) is 10. The van der Waals surface area contributed by atoms with E-state index in [-0.39, 0.29) is 49.3 Å². The number of nitrogens with one attached hydrogen (secondary N) is 3. The second-order valence-corrected chi connectivity index (χ2v) is 12.3. The standard InChI is InChI=1S/C21H37NO5.C18H32N2O5.Li.H2O/c1-3-27-20(24)18-26-17-15-13-11-9-7-5-4-6-8-10-12-14-16-19(23)21(25)22-2;1-19-17(23)18(24)20-13-11-9-7-5-3-2-4-6-8-10-12-14-25-15-16(21)22;;/h4,6H,3,5,7-18H2,1-2H3,(H,22,25);3,5H,2,4,6-15H2,1H3,(H,19,23)(H,20,24)(H,21,22);;1H2/q;;+1;/p-1/b6-4-;5-3-;;. The Morgan fingerprint density at radius 3 is 1.44 bits per heavy atom. The van der Waals surface area contributed by atoms with Gasteiger partial charge in [-0.1, -0.05) is 69.2 Å². The molecule has 0 aliphatic heterocycles. The molecule has 14 nitrogen and oxygen atoms in total. The van der Waals surface area contributed by atoms with Crippen LogP contribution in [0.4, 0.5) is 0 Å². The molecule has 5 N–H and O–H groups in total. The van der Waals surface area contributed by atoms with Crippen LogP contribution in [-0.4, -0.2) is 99.7 Å². The number of hydrogen-bond donors (Lipinski definition) is 4. The molecule has 308 valence electrons. The van der Waals surface area contributed by atoms with Crippen molar-refractivity contribution in [2.75, 3.05) is 53.7 Å². The zero-order valence-corrected chi connectivity index (χ0v) is 33.8.